The SMILES string of the molecule is CCOC(=O)C(CCCCO)(C(=O)O)c1ccccc1C. The van der Waals surface area contributed by atoms with Gasteiger partial charge in [0.1, 0.15) is 0 Å². The summed E-state index contributed by atoms with van der Waals surface area (Å²) in [4.78, 5) is 24.3. The Morgan fingerprint density at radius 2 is 1.90 bits per heavy atom. The molecule has 2 N–H and O–H groups in total. The maximum Gasteiger partial charge on any atom is 0.328 e. The molecule has 116 valence electrons. The molecule has 1 aromatic rings. The summed E-state index contributed by atoms with van der Waals surface area (Å²) in [5.74, 6) is -1.96. The quantitative estimate of drug-likeness (QED) is 0.435. The van der Waals surface area contributed by atoms with E-state index in [1.54, 1.807) is 38.1 Å². The van der Waals surface area contributed by atoms with E-state index in [0.29, 0.717) is 18.4 Å². The van der Waals surface area contributed by atoms with Crippen LogP contribution in [0.25, 0.3) is 0 Å². The van der Waals surface area contributed by atoms with Crippen molar-refractivity contribution in [3.8, 4) is 0 Å². The number of ether oxygens (including phenoxy) is 1. The van der Waals surface area contributed by atoms with Crippen LogP contribution in [0.5, 0.6) is 0 Å². The molecule has 0 spiro atoms. The molecule has 5 nitrogen and oxygen atoms in total. The van der Waals surface area contributed by atoms with Crippen molar-refractivity contribution in [1.29, 1.82) is 0 Å². The summed E-state index contributed by atoms with van der Waals surface area (Å²) in [6.07, 6.45) is 0.975. The molecule has 0 aliphatic carbocycles. The molecule has 1 atom stereocenters. The molecular weight excluding hydrogens is 272 g/mol. The highest BCUT2D eigenvalue weighted by molar-refractivity contribution is 6.05. The fourth-order valence-electron chi connectivity index (χ4n) is 2.46. The van der Waals surface area contributed by atoms with Crippen LogP contribution in [0.15, 0.2) is 24.3 Å². The van der Waals surface area contributed by atoms with Gasteiger partial charge in [-0.15, -0.1) is 0 Å². The summed E-state index contributed by atoms with van der Waals surface area (Å²) in [5, 5.41) is 18.6. The summed E-state index contributed by atoms with van der Waals surface area (Å²) >= 11 is 0. The van der Waals surface area contributed by atoms with Crippen molar-refractivity contribution in [3.05, 3.63) is 35.4 Å². The number of carboxylic acid groups (broad SMARTS) is 1. The molecule has 1 aromatic carbocycles. The van der Waals surface area contributed by atoms with Crippen LogP contribution in [0.1, 0.15) is 37.3 Å². The summed E-state index contributed by atoms with van der Waals surface area (Å²) in [6.45, 7) is 3.51. The molecule has 0 amide bonds. The van der Waals surface area contributed by atoms with Crippen LogP contribution in [0.4, 0.5) is 0 Å². The van der Waals surface area contributed by atoms with Crippen molar-refractivity contribution in [2.24, 2.45) is 0 Å². The zero-order valence-corrected chi connectivity index (χ0v) is 12.5. The Hall–Kier alpha value is -1.88. The summed E-state index contributed by atoms with van der Waals surface area (Å²) in [7, 11) is 0. The predicted molar refractivity (Wildman–Crippen MR) is 78.1 cm³/mol. The minimum absolute atomic E-state index is 0.0354. The van der Waals surface area contributed by atoms with Crippen molar-refractivity contribution in [2.45, 2.75) is 38.5 Å². The Bertz CT molecular complexity index is 497. The Morgan fingerprint density at radius 1 is 1.24 bits per heavy atom. The lowest BCUT2D eigenvalue weighted by Crippen LogP contribution is -2.45. The van der Waals surface area contributed by atoms with Crippen LogP contribution in [0.3, 0.4) is 0 Å². The molecule has 0 aromatic heterocycles. The van der Waals surface area contributed by atoms with E-state index in [-0.39, 0.29) is 19.6 Å². The van der Waals surface area contributed by atoms with E-state index in [1.165, 1.54) is 0 Å². The number of unbranched alkanes of at least 4 members (excludes halogenated alkanes) is 1. The smallest absolute Gasteiger partial charge is 0.328 e. The van der Waals surface area contributed by atoms with Gasteiger partial charge < -0.3 is 14.9 Å². The normalized spacial score (nSPS) is 13.5. The largest absolute Gasteiger partial charge is 0.480 e. The van der Waals surface area contributed by atoms with Gasteiger partial charge in [-0.3, -0.25) is 9.59 Å². The number of aryl methyl sites for hydroxylation is 1. The number of aliphatic hydroxyl groups is 1. The first kappa shape index (κ1) is 17.2. The molecule has 0 radical (unpaired) electrons. The third-order valence-electron chi connectivity index (χ3n) is 3.55. The first-order valence-corrected chi connectivity index (χ1v) is 7.08. The second-order valence-electron chi connectivity index (χ2n) is 4.93. The highest BCUT2D eigenvalue weighted by Crippen LogP contribution is 2.34. The van der Waals surface area contributed by atoms with Crippen molar-refractivity contribution < 1.29 is 24.5 Å². The van der Waals surface area contributed by atoms with Gasteiger partial charge in [0.2, 0.25) is 0 Å². The Kier molecular flexibility index (Phi) is 6.37. The number of carboxylic acids is 1. The lowest BCUT2D eigenvalue weighted by molar-refractivity contribution is -0.162. The van der Waals surface area contributed by atoms with Gasteiger partial charge in [-0.2, -0.15) is 0 Å². The highest BCUT2D eigenvalue weighted by Gasteiger charge is 2.49. The van der Waals surface area contributed by atoms with Gasteiger partial charge in [0.25, 0.3) is 0 Å². The van der Waals surface area contributed by atoms with E-state index in [4.69, 9.17) is 9.84 Å². The van der Waals surface area contributed by atoms with E-state index in [9.17, 15) is 14.7 Å². The lowest BCUT2D eigenvalue weighted by Gasteiger charge is -2.29. The zero-order chi connectivity index (χ0) is 15.9. The Morgan fingerprint density at radius 3 is 2.43 bits per heavy atom. The number of aliphatic hydroxyl groups excluding tert-OH is 1. The molecule has 1 unspecified atom stereocenters. The summed E-state index contributed by atoms with van der Waals surface area (Å²) < 4.78 is 5.03. The van der Waals surface area contributed by atoms with Crippen LogP contribution >= 0.6 is 0 Å². The topological polar surface area (TPSA) is 83.8 Å². The fourth-order valence-corrected chi connectivity index (χ4v) is 2.46. The molecule has 1 rings (SSSR count). The van der Waals surface area contributed by atoms with Crippen LogP contribution in [-0.4, -0.2) is 35.4 Å². The first-order chi connectivity index (χ1) is 10.0. The van der Waals surface area contributed by atoms with E-state index in [2.05, 4.69) is 0 Å². The molecule has 21 heavy (non-hydrogen) atoms. The van der Waals surface area contributed by atoms with Gasteiger partial charge in [-0.1, -0.05) is 24.3 Å². The molecule has 0 saturated heterocycles. The molecule has 0 bridgehead atoms. The minimum Gasteiger partial charge on any atom is -0.480 e. The molecule has 0 aliphatic rings. The fraction of sp³-hybridized carbons (Fsp3) is 0.500. The summed E-state index contributed by atoms with van der Waals surface area (Å²) in [6, 6.07) is 6.94. The maximum atomic E-state index is 12.4. The Labute approximate surface area is 124 Å². The standard InChI is InChI=1S/C16H22O5/c1-3-21-15(20)16(14(18)19,10-6-7-11-17)13-9-5-4-8-12(13)2/h4-5,8-9,17H,3,6-7,10-11H2,1-2H3,(H,18,19). The number of carbonyl (C=O) groups is 2. The van der Waals surface area contributed by atoms with Crippen molar-refractivity contribution >= 4 is 11.9 Å². The van der Waals surface area contributed by atoms with Crippen LogP contribution in [0, 0.1) is 6.92 Å². The number of esters is 1. The third kappa shape index (κ3) is 3.61. The monoisotopic (exact) mass is 294 g/mol. The number of aliphatic carboxylic acids is 1. The lowest BCUT2D eigenvalue weighted by atomic mass is 9.74. The molecule has 0 fully saturated rings. The van der Waals surface area contributed by atoms with Crippen LogP contribution in [-0.2, 0) is 19.7 Å². The number of hydrogen-bond acceptors (Lipinski definition) is 4. The van der Waals surface area contributed by atoms with Crippen molar-refractivity contribution in [3.63, 3.8) is 0 Å². The molecule has 0 saturated carbocycles. The van der Waals surface area contributed by atoms with Crippen molar-refractivity contribution in [2.75, 3.05) is 13.2 Å². The van der Waals surface area contributed by atoms with Crippen molar-refractivity contribution in [1.82, 2.24) is 0 Å². The number of rotatable bonds is 8. The molecule has 0 heterocycles. The van der Waals surface area contributed by atoms with Crippen LogP contribution < -0.4 is 0 Å². The second kappa shape index (κ2) is 7.78. The van der Waals surface area contributed by atoms with Gasteiger partial charge in [-0.05, 0) is 44.2 Å². The van der Waals surface area contributed by atoms with Gasteiger partial charge in [0.15, 0.2) is 5.41 Å². The van der Waals surface area contributed by atoms with E-state index < -0.39 is 17.4 Å². The number of hydrogen-bond donors (Lipinski definition) is 2. The zero-order valence-electron chi connectivity index (χ0n) is 12.5. The minimum atomic E-state index is -1.71. The number of carbonyl (C=O) groups excluding carboxylic acids is 1. The van der Waals surface area contributed by atoms with E-state index in [0.717, 1.165) is 5.56 Å². The number of benzene rings is 1. The molecule has 0 aliphatic heterocycles. The van der Waals surface area contributed by atoms with E-state index >= 15 is 0 Å². The van der Waals surface area contributed by atoms with Crippen LogP contribution in [0.2, 0.25) is 0 Å². The average molecular weight is 294 g/mol. The van der Waals surface area contributed by atoms with Gasteiger partial charge in [0, 0.05) is 6.61 Å². The van der Waals surface area contributed by atoms with Gasteiger partial charge in [-0.25, -0.2) is 0 Å². The molecule has 5 heteroatoms. The third-order valence-corrected chi connectivity index (χ3v) is 3.55. The average Bonchev–Trinajstić information content (AvgIpc) is 2.44. The van der Waals surface area contributed by atoms with E-state index in [1.807, 2.05) is 0 Å². The Balaban J connectivity index is 3.33. The predicted octanol–water partition coefficient (Wildman–Crippen LogP) is 2.04. The maximum absolute atomic E-state index is 12.4. The first-order valence-electron chi connectivity index (χ1n) is 7.08. The molecular formula is C16H22O5. The summed E-state index contributed by atoms with van der Waals surface area (Å²) in [5.41, 5.74) is -0.526. The highest BCUT2D eigenvalue weighted by atomic mass is 16.5. The van der Waals surface area contributed by atoms with Gasteiger partial charge >= 0.3 is 11.9 Å². The van der Waals surface area contributed by atoms with Gasteiger partial charge in [0.05, 0.1) is 6.61 Å². The second-order valence-corrected chi connectivity index (χ2v) is 4.93.